The van der Waals surface area contributed by atoms with Gasteiger partial charge in [-0.3, -0.25) is 0 Å². The van der Waals surface area contributed by atoms with Crippen molar-refractivity contribution in [1.82, 2.24) is 0 Å². The molecule has 0 saturated carbocycles. The summed E-state index contributed by atoms with van der Waals surface area (Å²) in [6, 6.07) is 7.13. The number of hydrogen-bond acceptors (Lipinski definition) is 1. The van der Waals surface area contributed by atoms with Crippen molar-refractivity contribution in [2.45, 2.75) is 6.42 Å². The number of carboxylic acids is 1. The van der Waals surface area contributed by atoms with Crippen LogP contribution >= 0.6 is 35.4 Å². The Morgan fingerprint density at radius 3 is 2.69 bits per heavy atom. The zero-order valence-corrected chi connectivity index (χ0v) is 10.2. The predicted octanol–water partition coefficient (Wildman–Crippen LogP) is 3.30. The van der Waals surface area contributed by atoms with E-state index < -0.39 is 23.5 Å². The number of carbonyl (C=O) groups is 1. The predicted molar refractivity (Wildman–Crippen MR) is 62.2 cm³/mol. The van der Waals surface area contributed by atoms with Crippen molar-refractivity contribution < 1.29 is 9.90 Å². The van der Waals surface area contributed by atoms with Crippen LogP contribution in [0.3, 0.4) is 0 Å². The first kappa shape index (κ1) is 11.1. The molecule has 1 N–H and O–H groups in total. The Balaban J connectivity index is 2.85. The molecule has 2 nitrogen and oxygen atoms in total. The average Bonchev–Trinajstić information content (AvgIpc) is 2.03. The van der Waals surface area contributed by atoms with E-state index in [1.54, 1.807) is 18.2 Å². The Morgan fingerprint density at radius 1 is 1.46 bits per heavy atom. The van der Waals surface area contributed by atoms with Crippen LogP contribution in [0.4, 0.5) is 0 Å². The van der Waals surface area contributed by atoms with Crippen LogP contribution in [0.15, 0.2) is 24.3 Å². The summed E-state index contributed by atoms with van der Waals surface area (Å²) in [7, 11) is 11.6. The molecule has 72 valence electrons. The summed E-state index contributed by atoms with van der Waals surface area (Å²) >= 11 is -2.01. The SMILES string of the molecule is O=C(O)Cc1cccc(I(Cl)Cl)c1. The van der Waals surface area contributed by atoms with Gasteiger partial charge in [0.1, 0.15) is 0 Å². The molecule has 0 unspecified atom stereocenters. The van der Waals surface area contributed by atoms with Crippen molar-refractivity contribution in [3.8, 4) is 0 Å². The third-order valence-electron chi connectivity index (χ3n) is 1.41. The van der Waals surface area contributed by atoms with E-state index in [9.17, 15) is 4.79 Å². The molecule has 5 heteroatoms. The summed E-state index contributed by atoms with van der Waals surface area (Å²) in [5.74, 6) is -0.846. The molecule has 1 aromatic carbocycles. The van der Waals surface area contributed by atoms with Gasteiger partial charge >= 0.3 is 91.1 Å². The zero-order chi connectivity index (χ0) is 9.84. The summed E-state index contributed by atoms with van der Waals surface area (Å²) in [4.78, 5) is 10.4. The second-order valence-electron chi connectivity index (χ2n) is 2.40. The van der Waals surface area contributed by atoms with Crippen molar-refractivity contribution in [1.29, 1.82) is 0 Å². The second kappa shape index (κ2) is 5.02. The van der Waals surface area contributed by atoms with Crippen LogP contribution in [-0.2, 0) is 11.2 Å². The van der Waals surface area contributed by atoms with Gasteiger partial charge in [0.2, 0.25) is 0 Å². The Hall–Kier alpha value is -0.000000000000000222. The molecular weight excluding hydrogens is 326 g/mol. The van der Waals surface area contributed by atoms with Crippen LogP contribution in [0.1, 0.15) is 5.56 Å². The van der Waals surface area contributed by atoms with Crippen LogP contribution in [0.2, 0.25) is 0 Å². The van der Waals surface area contributed by atoms with E-state index in [-0.39, 0.29) is 6.42 Å². The topological polar surface area (TPSA) is 37.3 Å². The first-order chi connectivity index (χ1) is 6.09. The van der Waals surface area contributed by atoms with Crippen LogP contribution in [0.5, 0.6) is 0 Å². The van der Waals surface area contributed by atoms with Gasteiger partial charge in [-0.05, 0) is 0 Å². The number of carboxylic acid groups (broad SMARTS) is 1. The number of aliphatic carboxylic acids is 1. The van der Waals surface area contributed by atoms with Crippen molar-refractivity contribution in [2.75, 3.05) is 0 Å². The van der Waals surface area contributed by atoms with Crippen molar-refractivity contribution in [2.24, 2.45) is 0 Å². The molecule has 0 bridgehead atoms. The molecule has 0 spiro atoms. The molecule has 0 heterocycles. The number of benzene rings is 1. The van der Waals surface area contributed by atoms with Gasteiger partial charge in [0.05, 0.1) is 0 Å². The van der Waals surface area contributed by atoms with Gasteiger partial charge < -0.3 is 0 Å². The molecule has 0 amide bonds. The Morgan fingerprint density at radius 2 is 2.15 bits per heavy atom. The average molecular weight is 333 g/mol. The fraction of sp³-hybridized carbons (Fsp3) is 0.125. The van der Waals surface area contributed by atoms with Crippen LogP contribution in [0, 0.1) is 3.57 Å². The van der Waals surface area contributed by atoms with Crippen LogP contribution in [0.25, 0.3) is 0 Å². The number of hydrogen-bond donors (Lipinski definition) is 1. The van der Waals surface area contributed by atoms with Gasteiger partial charge in [0, 0.05) is 0 Å². The van der Waals surface area contributed by atoms with E-state index in [0.29, 0.717) is 0 Å². The molecule has 0 aliphatic heterocycles. The minimum absolute atomic E-state index is 0.0194. The van der Waals surface area contributed by atoms with Crippen molar-refractivity contribution in [3.63, 3.8) is 0 Å². The summed E-state index contributed by atoms with van der Waals surface area (Å²) < 4.78 is 0.881. The fourth-order valence-electron chi connectivity index (χ4n) is 0.910. The van der Waals surface area contributed by atoms with Crippen LogP contribution < -0.4 is 0 Å². The molecule has 0 aliphatic rings. The first-order valence-electron chi connectivity index (χ1n) is 3.43. The fourth-order valence-corrected chi connectivity index (χ4v) is 3.22. The van der Waals surface area contributed by atoms with Crippen LogP contribution in [-0.4, -0.2) is 11.1 Å². The third-order valence-corrected chi connectivity index (χ3v) is 5.24. The minimum atomic E-state index is -2.01. The Kier molecular flexibility index (Phi) is 4.28. The monoisotopic (exact) mass is 332 g/mol. The molecule has 13 heavy (non-hydrogen) atoms. The molecule has 0 saturated heterocycles. The maximum absolute atomic E-state index is 10.4. The second-order valence-corrected chi connectivity index (χ2v) is 9.58. The summed E-state index contributed by atoms with van der Waals surface area (Å²) in [5, 5.41) is 8.54. The van der Waals surface area contributed by atoms with Gasteiger partial charge in [0.25, 0.3) is 0 Å². The van der Waals surface area contributed by atoms with Gasteiger partial charge in [-0.1, -0.05) is 0 Å². The standard InChI is InChI=1S/C8H7Cl2IO2/c9-11(10)7-3-1-2-6(4-7)5-8(12)13/h1-4H,5H2,(H,12,13). The summed E-state index contributed by atoms with van der Waals surface area (Å²) in [5.41, 5.74) is 0.744. The molecule has 0 aliphatic carbocycles. The zero-order valence-electron chi connectivity index (χ0n) is 6.51. The summed E-state index contributed by atoms with van der Waals surface area (Å²) in [6.07, 6.45) is 0.0194. The van der Waals surface area contributed by atoms with E-state index in [0.717, 1.165) is 9.13 Å². The molecule has 0 radical (unpaired) electrons. The first-order valence-corrected chi connectivity index (χ1v) is 9.97. The van der Waals surface area contributed by atoms with Crippen molar-refractivity contribution in [3.05, 3.63) is 33.4 Å². The van der Waals surface area contributed by atoms with E-state index in [1.807, 2.05) is 6.07 Å². The number of rotatable bonds is 3. The van der Waals surface area contributed by atoms with E-state index in [1.165, 1.54) is 0 Å². The van der Waals surface area contributed by atoms with Gasteiger partial charge in [-0.25, -0.2) is 0 Å². The Bertz CT molecular complexity index is 315. The summed E-state index contributed by atoms with van der Waals surface area (Å²) in [6.45, 7) is 0. The van der Waals surface area contributed by atoms with E-state index >= 15 is 0 Å². The van der Waals surface area contributed by atoms with Gasteiger partial charge in [-0.15, -0.1) is 0 Å². The Labute approximate surface area is 90.7 Å². The quantitative estimate of drug-likeness (QED) is 0.862. The molecule has 0 aromatic heterocycles. The molecule has 1 rings (SSSR count). The third kappa shape index (κ3) is 3.70. The van der Waals surface area contributed by atoms with Crippen molar-refractivity contribution >= 4 is 41.3 Å². The van der Waals surface area contributed by atoms with Gasteiger partial charge in [-0.2, -0.15) is 0 Å². The number of halogens is 3. The maximum atomic E-state index is 10.4. The molecular formula is C8H7Cl2IO2. The molecule has 0 atom stereocenters. The molecule has 1 aromatic rings. The van der Waals surface area contributed by atoms with Gasteiger partial charge in [0.15, 0.2) is 0 Å². The van der Waals surface area contributed by atoms with E-state index in [2.05, 4.69) is 0 Å². The van der Waals surface area contributed by atoms with E-state index in [4.69, 9.17) is 22.9 Å². The molecule has 0 fully saturated rings. The normalized spacial score (nSPS) is 11.1.